The first kappa shape index (κ1) is 25.5. The average molecular weight is 492 g/mol. The van der Waals surface area contributed by atoms with E-state index in [1.807, 2.05) is 13.8 Å². The summed E-state index contributed by atoms with van der Waals surface area (Å²) in [7, 11) is -4.00. The summed E-state index contributed by atoms with van der Waals surface area (Å²) in [5.74, 6) is 0.250. The summed E-state index contributed by atoms with van der Waals surface area (Å²) in [6.07, 6.45) is -0.874. The molecule has 3 N–H and O–H groups in total. The maximum atomic E-state index is 13.5. The van der Waals surface area contributed by atoms with Crippen molar-refractivity contribution >= 4 is 22.3 Å². The molecule has 3 rings (SSSR count). The van der Waals surface area contributed by atoms with Crippen molar-refractivity contribution < 1.29 is 32.6 Å². The van der Waals surface area contributed by atoms with Crippen molar-refractivity contribution in [2.45, 2.75) is 30.9 Å². The van der Waals surface area contributed by atoms with Crippen LogP contribution in [0.25, 0.3) is 0 Å². The minimum atomic E-state index is -4.00. The van der Waals surface area contributed by atoms with Crippen LogP contribution in [0.5, 0.6) is 11.5 Å². The van der Waals surface area contributed by atoms with Crippen molar-refractivity contribution in [1.29, 1.82) is 0 Å². The first-order chi connectivity index (χ1) is 16.2. The molecule has 0 aliphatic carbocycles. The lowest BCUT2D eigenvalue weighted by Gasteiger charge is -2.31. The number of fused-ring (bicyclic) bond motifs is 1. The van der Waals surface area contributed by atoms with E-state index >= 15 is 0 Å². The molecule has 0 saturated carbocycles. The van der Waals surface area contributed by atoms with Gasteiger partial charge in [0, 0.05) is 19.2 Å². The Bertz CT molecular complexity index is 1090. The van der Waals surface area contributed by atoms with Crippen LogP contribution in [0.3, 0.4) is 0 Å². The van der Waals surface area contributed by atoms with Gasteiger partial charge < -0.3 is 25.2 Å². The second kappa shape index (κ2) is 11.3. The highest BCUT2D eigenvalue weighted by Gasteiger charge is 2.32. The van der Waals surface area contributed by atoms with E-state index in [0.717, 1.165) is 0 Å². The van der Waals surface area contributed by atoms with Crippen LogP contribution in [0.1, 0.15) is 25.5 Å². The zero-order valence-electron chi connectivity index (χ0n) is 19.0. The molecule has 10 nitrogen and oxygen atoms in total. The molecule has 1 aliphatic heterocycles. The lowest BCUT2D eigenvalue weighted by Crippen LogP contribution is -2.47. The van der Waals surface area contributed by atoms with E-state index in [4.69, 9.17) is 9.47 Å². The van der Waals surface area contributed by atoms with Gasteiger partial charge in [0.2, 0.25) is 29.1 Å². The molecule has 0 fully saturated rings. The zero-order valence-corrected chi connectivity index (χ0v) is 19.8. The van der Waals surface area contributed by atoms with Crippen LogP contribution in [0.4, 0.5) is 0 Å². The van der Waals surface area contributed by atoms with Crippen molar-refractivity contribution in [2.24, 2.45) is 5.92 Å². The lowest BCUT2D eigenvalue weighted by molar-refractivity contribution is -0.123. The Labute approximate surface area is 198 Å². The van der Waals surface area contributed by atoms with Crippen molar-refractivity contribution in [1.82, 2.24) is 14.9 Å². The molecule has 34 heavy (non-hydrogen) atoms. The molecule has 1 heterocycles. The molecule has 2 aromatic carbocycles. The number of aliphatic hydroxyl groups excluding tert-OH is 1. The molecular weight excluding hydrogens is 462 g/mol. The van der Waals surface area contributed by atoms with Crippen LogP contribution < -0.4 is 20.1 Å². The molecular formula is C23H29N3O7S. The number of nitrogens with one attached hydrogen (secondary N) is 2. The molecule has 0 saturated heterocycles. The Hall–Kier alpha value is -3.15. The lowest BCUT2D eigenvalue weighted by atomic mass is 10.0. The third kappa shape index (κ3) is 6.25. The summed E-state index contributed by atoms with van der Waals surface area (Å²) in [5, 5.41) is 16.1. The van der Waals surface area contributed by atoms with E-state index in [1.165, 1.54) is 22.5 Å². The van der Waals surface area contributed by atoms with Gasteiger partial charge in [-0.05, 0) is 23.6 Å². The molecule has 1 aliphatic rings. The first-order valence-electron chi connectivity index (χ1n) is 10.8. The third-order valence-electron chi connectivity index (χ3n) is 5.15. The van der Waals surface area contributed by atoms with Gasteiger partial charge in [-0.15, -0.1) is 0 Å². The molecule has 2 atom stereocenters. The van der Waals surface area contributed by atoms with Gasteiger partial charge in [0.15, 0.2) is 11.5 Å². The number of aliphatic hydroxyl groups is 1. The largest absolute Gasteiger partial charge is 0.454 e. The van der Waals surface area contributed by atoms with E-state index in [0.29, 0.717) is 23.5 Å². The van der Waals surface area contributed by atoms with Crippen LogP contribution in [0.15, 0.2) is 53.4 Å². The highest BCUT2D eigenvalue weighted by molar-refractivity contribution is 7.89. The SMILES string of the molecule is CC(C)CN(C[C@@H](O)[C@@H](NC(=O)CNC=O)c1ccccc1)S(=O)(=O)c1ccc2c(c1)OCO2. The summed E-state index contributed by atoms with van der Waals surface area (Å²) in [6, 6.07) is 12.2. The Balaban J connectivity index is 1.87. The van der Waals surface area contributed by atoms with E-state index in [1.54, 1.807) is 30.3 Å². The van der Waals surface area contributed by atoms with Gasteiger partial charge in [-0.2, -0.15) is 4.31 Å². The molecule has 0 bridgehead atoms. The number of hydrogen-bond acceptors (Lipinski definition) is 7. The van der Waals surface area contributed by atoms with Gasteiger partial charge in [0.25, 0.3) is 0 Å². The van der Waals surface area contributed by atoms with Crippen molar-refractivity contribution in [2.75, 3.05) is 26.4 Å². The number of carbonyl (C=O) groups is 2. The van der Waals surface area contributed by atoms with Gasteiger partial charge >= 0.3 is 0 Å². The normalized spacial score (nSPS) is 14.6. The second-order valence-corrected chi connectivity index (χ2v) is 10.2. The summed E-state index contributed by atoms with van der Waals surface area (Å²) in [6.45, 7) is 3.37. The van der Waals surface area contributed by atoms with Crippen LogP contribution in [0.2, 0.25) is 0 Å². The molecule has 0 aromatic heterocycles. The highest BCUT2D eigenvalue weighted by Crippen LogP contribution is 2.35. The Morgan fingerprint density at radius 3 is 2.50 bits per heavy atom. The topological polar surface area (TPSA) is 134 Å². The van der Waals surface area contributed by atoms with Crippen molar-refractivity contribution in [3.63, 3.8) is 0 Å². The minimum absolute atomic E-state index is 0.0140. The third-order valence-corrected chi connectivity index (χ3v) is 6.97. The van der Waals surface area contributed by atoms with Crippen LogP contribution in [-0.4, -0.2) is 62.7 Å². The van der Waals surface area contributed by atoms with Crippen LogP contribution >= 0.6 is 0 Å². The number of carbonyl (C=O) groups excluding carboxylic acids is 2. The molecule has 11 heteroatoms. The van der Waals surface area contributed by atoms with E-state index in [9.17, 15) is 23.1 Å². The predicted octanol–water partition coefficient (Wildman–Crippen LogP) is 1.03. The summed E-state index contributed by atoms with van der Waals surface area (Å²) < 4.78 is 38.8. The fourth-order valence-electron chi connectivity index (χ4n) is 3.60. The van der Waals surface area contributed by atoms with Crippen molar-refractivity contribution in [3.05, 3.63) is 54.1 Å². The smallest absolute Gasteiger partial charge is 0.243 e. The number of hydrogen-bond donors (Lipinski definition) is 3. The summed E-state index contributed by atoms with van der Waals surface area (Å²) >= 11 is 0. The van der Waals surface area contributed by atoms with Gasteiger partial charge in [-0.1, -0.05) is 44.2 Å². The maximum absolute atomic E-state index is 13.5. The predicted molar refractivity (Wildman–Crippen MR) is 124 cm³/mol. The fraction of sp³-hybridized carbons (Fsp3) is 0.391. The number of rotatable bonds is 12. The second-order valence-electron chi connectivity index (χ2n) is 8.25. The van der Waals surface area contributed by atoms with E-state index < -0.39 is 28.1 Å². The molecule has 0 radical (unpaired) electrons. The quantitative estimate of drug-likeness (QED) is 0.378. The van der Waals surface area contributed by atoms with Crippen LogP contribution in [0, 0.1) is 5.92 Å². The molecule has 2 amide bonds. The summed E-state index contributed by atoms with van der Waals surface area (Å²) in [5.41, 5.74) is 0.597. The molecule has 0 spiro atoms. The number of nitrogens with zero attached hydrogens (tertiary/aromatic N) is 1. The van der Waals surface area contributed by atoms with E-state index in [2.05, 4.69) is 10.6 Å². The zero-order chi connectivity index (χ0) is 24.7. The van der Waals surface area contributed by atoms with Gasteiger partial charge in [0.1, 0.15) is 0 Å². The highest BCUT2D eigenvalue weighted by atomic mass is 32.2. The first-order valence-corrected chi connectivity index (χ1v) is 12.3. The Morgan fingerprint density at radius 2 is 1.82 bits per heavy atom. The molecule has 0 unspecified atom stereocenters. The Kier molecular flexibility index (Phi) is 8.48. The minimum Gasteiger partial charge on any atom is -0.454 e. The van der Waals surface area contributed by atoms with Crippen molar-refractivity contribution in [3.8, 4) is 11.5 Å². The number of ether oxygens (including phenoxy) is 2. The number of benzene rings is 2. The Morgan fingerprint density at radius 1 is 1.12 bits per heavy atom. The van der Waals surface area contributed by atoms with Crippen LogP contribution in [-0.2, 0) is 19.6 Å². The molecule has 2 aromatic rings. The standard InChI is InChI=1S/C23H29N3O7S/c1-16(2)12-26(34(30,31)18-8-9-20-21(10-18)33-15-32-20)13-19(28)23(17-6-4-3-5-7-17)25-22(29)11-24-14-27/h3-10,14,16,19,23,28H,11-13,15H2,1-2H3,(H,24,27)(H,25,29)/t19-,23+/m1/s1. The fourth-order valence-corrected chi connectivity index (χ4v) is 5.24. The van der Waals surface area contributed by atoms with Gasteiger partial charge in [0.05, 0.1) is 23.6 Å². The monoisotopic (exact) mass is 491 g/mol. The average Bonchev–Trinajstić information content (AvgIpc) is 3.29. The van der Waals surface area contributed by atoms with E-state index in [-0.39, 0.29) is 37.2 Å². The number of sulfonamides is 1. The molecule has 184 valence electrons. The number of amides is 2. The maximum Gasteiger partial charge on any atom is 0.243 e. The van der Waals surface area contributed by atoms with Gasteiger partial charge in [-0.3, -0.25) is 9.59 Å². The van der Waals surface area contributed by atoms with Gasteiger partial charge in [-0.25, -0.2) is 8.42 Å². The summed E-state index contributed by atoms with van der Waals surface area (Å²) in [4.78, 5) is 22.8.